The number of nitrogens with zero attached hydrogens (tertiary/aromatic N) is 2. The number of carbonyl (C=O) groups is 1. The summed E-state index contributed by atoms with van der Waals surface area (Å²) in [6, 6.07) is 11.8. The molecule has 1 amide bonds. The summed E-state index contributed by atoms with van der Waals surface area (Å²) in [6.45, 7) is 8.62. The Kier molecular flexibility index (Phi) is 5.26. The minimum atomic E-state index is -0.118. The van der Waals surface area contributed by atoms with Crippen LogP contribution in [-0.4, -0.2) is 15.7 Å². The van der Waals surface area contributed by atoms with Crippen molar-refractivity contribution in [3.8, 4) is 5.69 Å². The number of hydrogen-bond donors (Lipinski definition) is 1. The van der Waals surface area contributed by atoms with Crippen LogP contribution in [0.15, 0.2) is 47.1 Å². The summed E-state index contributed by atoms with van der Waals surface area (Å²) in [4.78, 5) is 12.9. The molecule has 0 aliphatic carbocycles. The van der Waals surface area contributed by atoms with Crippen molar-refractivity contribution in [1.29, 1.82) is 0 Å². The molecular formula is C21H25N3O2. The molecule has 5 heteroatoms. The number of aromatic nitrogens is 2. The quantitative estimate of drug-likeness (QED) is 0.724. The molecule has 0 unspecified atom stereocenters. The Morgan fingerprint density at radius 3 is 2.54 bits per heavy atom. The van der Waals surface area contributed by atoms with Crippen LogP contribution >= 0.6 is 0 Å². The first-order valence-corrected chi connectivity index (χ1v) is 8.92. The van der Waals surface area contributed by atoms with E-state index in [0.29, 0.717) is 18.0 Å². The lowest BCUT2D eigenvalue weighted by Gasteiger charge is -2.07. The summed E-state index contributed by atoms with van der Waals surface area (Å²) in [5.41, 5.74) is 4.49. The van der Waals surface area contributed by atoms with Crippen molar-refractivity contribution < 1.29 is 9.21 Å². The summed E-state index contributed by atoms with van der Waals surface area (Å²) in [7, 11) is 0. The van der Waals surface area contributed by atoms with Crippen molar-refractivity contribution in [3.05, 3.63) is 70.9 Å². The first-order chi connectivity index (χ1) is 12.5. The Hall–Kier alpha value is -2.82. The van der Waals surface area contributed by atoms with Crippen LogP contribution in [0, 0.1) is 19.8 Å². The average Bonchev–Trinajstić information content (AvgIpc) is 3.21. The van der Waals surface area contributed by atoms with Gasteiger partial charge in [0.15, 0.2) is 0 Å². The van der Waals surface area contributed by atoms with E-state index >= 15 is 0 Å². The number of hydrogen-bond acceptors (Lipinski definition) is 3. The predicted octanol–water partition coefficient (Wildman–Crippen LogP) is 4.21. The van der Waals surface area contributed by atoms with E-state index in [1.54, 1.807) is 6.26 Å². The number of aryl methyl sites for hydroxylation is 1. The third kappa shape index (κ3) is 3.87. The molecule has 0 fully saturated rings. The number of benzene rings is 1. The maximum atomic E-state index is 12.9. The second kappa shape index (κ2) is 7.60. The van der Waals surface area contributed by atoms with Crippen molar-refractivity contribution in [1.82, 2.24) is 15.1 Å². The van der Waals surface area contributed by atoms with Crippen molar-refractivity contribution in [3.63, 3.8) is 0 Å². The molecular weight excluding hydrogens is 326 g/mol. The van der Waals surface area contributed by atoms with Crippen LogP contribution in [0.5, 0.6) is 0 Å². The fraction of sp³-hybridized carbons (Fsp3) is 0.333. The van der Waals surface area contributed by atoms with E-state index in [1.165, 1.54) is 5.56 Å². The molecule has 0 radical (unpaired) electrons. The zero-order valence-electron chi connectivity index (χ0n) is 15.7. The van der Waals surface area contributed by atoms with Gasteiger partial charge in [0.25, 0.3) is 5.91 Å². The molecule has 1 N–H and O–H groups in total. The molecule has 26 heavy (non-hydrogen) atoms. The van der Waals surface area contributed by atoms with Gasteiger partial charge in [0, 0.05) is 0 Å². The molecule has 3 aromatic rings. The Labute approximate surface area is 154 Å². The highest BCUT2D eigenvalue weighted by Gasteiger charge is 2.22. The van der Waals surface area contributed by atoms with Gasteiger partial charge in [0.05, 0.1) is 35.4 Å². The molecule has 0 aliphatic heterocycles. The average molecular weight is 351 g/mol. The van der Waals surface area contributed by atoms with Gasteiger partial charge in [-0.3, -0.25) is 4.79 Å². The molecule has 0 spiro atoms. The highest BCUT2D eigenvalue weighted by atomic mass is 16.3. The van der Waals surface area contributed by atoms with Crippen molar-refractivity contribution in [2.24, 2.45) is 5.92 Å². The first-order valence-electron chi connectivity index (χ1n) is 8.92. The van der Waals surface area contributed by atoms with Crippen LogP contribution < -0.4 is 5.32 Å². The van der Waals surface area contributed by atoms with Crippen LogP contribution in [-0.2, 0) is 13.0 Å². The number of furan rings is 1. The molecule has 1 aromatic carbocycles. The zero-order chi connectivity index (χ0) is 18.7. The number of carbonyl (C=O) groups excluding carboxylic acids is 1. The molecule has 0 bridgehead atoms. The molecule has 0 aliphatic rings. The summed E-state index contributed by atoms with van der Waals surface area (Å²) in [6.07, 6.45) is 2.36. The normalized spacial score (nSPS) is 11.1. The van der Waals surface area contributed by atoms with Gasteiger partial charge in [-0.25, -0.2) is 4.68 Å². The molecule has 3 rings (SSSR count). The van der Waals surface area contributed by atoms with Gasteiger partial charge in [-0.1, -0.05) is 31.5 Å². The maximum absolute atomic E-state index is 12.9. The van der Waals surface area contributed by atoms with E-state index in [4.69, 9.17) is 9.52 Å². The van der Waals surface area contributed by atoms with E-state index in [-0.39, 0.29) is 5.91 Å². The highest BCUT2D eigenvalue weighted by Crippen LogP contribution is 2.21. The van der Waals surface area contributed by atoms with Crippen LogP contribution in [0.25, 0.3) is 5.69 Å². The third-order valence-corrected chi connectivity index (χ3v) is 4.30. The van der Waals surface area contributed by atoms with E-state index in [0.717, 1.165) is 29.3 Å². The molecule has 0 saturated heterocycles. The number of nitrogens with one attached hydrogen (secondary N) is 1. The van der Waals surface area contributed by atoms with Gasteiger partial charge in [0.2, 0.25) is 0 Å². The van der Waals surface area contributed by atoms with E-state index < -0.39 is 0 Å². The third-order valence-electron chi connectivity index (χ3n) is 4.30. The van der Waals surface area contributed by atoms with E-state index in [1.807, 2.05) is 35.9 Å². The summed E-state index contributed by atoms with van der Waals surface area (Å²) < 4.78 is 7.16. The molecule has 0 atom stereocenters. The van der Waals surface area contributed by atoms with Crippen LogP contribution in [0.3, 0.4) is 0 Å². The Morgan fingerprint density at radius 2 is 1.92 bits per heavy atom. The lowest BCUT2D eigenvalue weighted by molar-refractivity contribution is 0.0946. The van der Waals surface area contributed by atoms with Gasteiger partial charge in [-0.2, -0.15) is 5.10 Å². The second-order valence-corrected chi connectivity index (χ2v) is 7.01. The summed E-state index contributed by atoms with van der Waals surface area (Å²) in [5.74, 6) is 1.02. The van der Waals surface area contributed by atoms with Crippen molar-refractivity contribution in [2.45, 2.75) is 40.7 Å². The maximum Gasteiger partial charge on any atom is 0.255 e. The van der Waals surface area contributed by atoms with Crippen LogP contribution in [0.4, 0.5) is 0 Å². The minimum absolute atomic E-state index is 0.118. The van der Waals surface area contributed by atoms with Gasteiger partial charge in [-0.15, -0.1) is 0 Å². The fourth-order valence-electron chi connectivity index (χ4n) is 2.99. The smallest absolute Gasteiger partial charge is 0.255 e. The lowest BCUT2D eigenvalue weighted by Crippen LogP contribution is -2.24. The van der Waals surface area contributed by atoms with Gasteiger partial charge in [0.1, 0.15) is 5.76 Å². The lowest BCUT2D eigenvalue weighted by atomic mass is 10.0. The standard InChI is InChI=1S/C21H25N3O2/c1-14(2)12-19-20(21(25)22-13-18-6-5-11-26-18)16(4)24(23-19)17-9-7-15(3)8-10-17/h5-11,14H,12-13H2,1-4H3,(H,22,25). The Morgan fingerprint density at radius 1 is 1.19 bits per heavy atom. The Bertz CT molecular complexity index is 875. The van der Waals surface area contributed by atoms with Crippen molar-refractivity contribution in [2.75, 3.05) is 0 Å². The number of amides is 1. The topological polar surface area (TPSA) is 60.1 Å². The Balaban J connectivity index is 1.93. The molecule has 0 saturated carbocycles. The largest absolute Gasteiger partial charge is 0.467 e. The zero-order valence-corrected chi connectivity index (χ0v) is 15.7. The molecule has 2 heterocycles. The van der Waals surface area contributed by atoms with Crippen LogP contribution in [0.1, 0.15) is 46.9 Å². The number of rotatable bonds is 6. The first kappa shape index (κ1) is 18.0. The minimum Gasteiger partial charge on any atom is -0.467 e. The fourth-order valence-corrected chi connectivity index (χ4v) is 2.99. The molecule has 136 valence electrons. The molecule has 5 nitrogen and oxygen atoms in total. The van der Waals surface area contributed by atoms with Gasteiger partial charge < -0.3 is 9.73 Å². The van der Waals surface area contributed by atoms with E-state index in [2.05, 4.69) is 38.2 Å². The SMILES string of the molecule is Cc1ccc(-n2nc(CC(C)C)c(C(=O)NCc3ccco3)c2C)cc1. The van der Waals surface area contributed by atoms with Gasteiger partial charge in [-0.05, 0) is 50.5 Å². The predicted molar refractivity (Wildman–Crippen MR) is 101 cm³/mol. The second-order valence-electron chi connectivity index (χ2n) is 7.01. The van der Waals surface area contributed by atoms with Crippen molar-refractivity contribution >= 4 is 5.91 Å². The summed E-state index contributed by atoms with van der Waals surface area (Å²) in [5, 5.41) is 7.69. The van der Waals surface area contributed by atoms with Gasteiger partial charge >= 0.3 is 0 Å². The summed E-state index contributed by atoms with van der Waals surface area (Å²) >= 11 is 0. The monoisotopic (exact) mass is 351 g/mol. The highest BCUT2D eigenvalue weighted by molar-refractivity contribution is 5.96. The van der Waals surface area contributed by atoms with Crippen LogP contribution in [0.2, 0.25) is 0 Å². The van der Waals surface area contributed by atoms with E-state index in [9.17, 15) is 4.79 Å². The molecule has 2 aromatic heterocycles.